The van der Waals surface area contributed by atoms with E-state index in [1.54, 1.807) is 11.8 Å². The molecule has 4 heteroatoms. The Labute approximate surface area is 114 Å². The van der Waals surface area contributed by atoms with Gasteiger partial charge in [0.15, 0.2) is 5.17 Å². The molecule has 0 unspecified atom stereocenters. The van der Waals surface area contributed by atoms with Crippen LogP contribution in [0.25, 0.3) is 0 Å². The van der Waals surface area contributed by atoms with Crippen LogP contribution in [0.2, 0.25) is 0 Å². The van der Waals surface area contributed by atoms with E-state index in [0.29, 0.717) is 5.92 Å². The van der Waals surface area contributed by atoms with Crippen LogP contribution >= 0.6 is 27.7 Å². The van der Waals surface area contributed by atoms with Gasteiger partial charge in [-0.2, -0.15) is 0 Å². The minimum Gasteiger partial charge on any atom is -0.379 e. The normalized spacial score (nSPS) is 31.4. The van der Waals surface area contributed by atoms with Crippen LogP contribution in [0.4, 0.5) is 0 Å². The zero-order valence-corrected chi connectivity index (χ0v) is 12.1. The zero-order valence-electron chi connectivity index (χ0n) is 9.74. The first-order valence-electron chi connectivity index (χ1n) is 5.86. The second-order valence-electron chi connectivity index (χ2n) is 4.95. The highest BCUT2D eigenvalue weighted by Crippen LogP contribution is 2.47. The second-order valence-corrected chi connectivity index (χ2v) is 6.90. The SMILES string of the molecule is C[C@@]12N=C(N)SC[C@H]1CCc1ccc(Br)cc12. The summed E-state index contributed by atoms with van der Waals surface area (Å²) in [5.41, 5.74) is 8.58. The van der Waals surface area contributed by atoms with Crippen LogP contribution in [0.5, 0.6) is 0 Å². The van der Waals surface area contributed by atoms with Crippen molar-refractivity contribution < 1.29 is 0 Å². The van der Waals surface area contributed by atoms with Crippen LogP contribution in [0.3, 0.4) is 0 Å². The molecular formula is C13H15BrN2S. The quantitative estimate of drug-likeness (QED) is 0.798. The maximum Gasteiger partial charge on any atom is 0.154 e. The van der Waals surface area contributed by atoms with Gasteiger partial charge in [-0.15, -0.1) is 0 Å². The van der Waals surface area contributed by atoms with E-state index in [9.17, 15) is 0 Å². The summed E-state index contributed by atoms with van der Waals surface area (Å²) in [5.74, 6) is 1.71. The van der Waals surface area contributed by atoms with Crippen molar-refractivity contribution in [3.8, 4) is 0 Å². The minimum absolute atomic E-state index is 0.118. The minimum atomic E-state index is -0.118. The highest BCUT2D eigenvalue weighted by Gasteiger charge is 2.42. The predicted molar refractivity (Wildman–Crippen MR) is 77.4 cm³/mol. The van der Waals surface area contributed by atoms with Gasteiger partial charge in [0.1, 0.15) is 0 Å². The fourth-order valence-electron chi connectivity index (χ4n) is 2.91. The molecule has 2 N–H and O–H groups in total. The summed E-state index contributed by atoms with van der Waals surface area (Å²) in [7, 11) is 0. The molecule has 0 amide bonds. The Bertz CT molecular complexity index is 500. The molecule has 17 heavy (non-hydrogen) atoms. The molecule has 1 heterocycles. The van der Waals surface area contributed by atoms with Crippen LogP contribution in [0, 0.1) is 5.92 Å². The maximum absolute atomic E-state index is 5.92. The van der Waals surface area contributed by atoms with Crippen molar-refractivity contribution in [1.82, 2.24) is 0 Å². The van der Waals surface area contributed by atoms with E-state index >= 15 is 0 Å². The number of rotatable bonds is 0. The highest BCUT2D eigenvalue weighted by atomic mass is 79.9. The van der Waals surface area contributed by atoms with Crippen molar-refractivity contribution in [2.45, 2.75) is 25.3 Å². The van der Waals surface area contributed by atoms with Crippen molar-refractivity contribution in [3.05, 3.63) is 33.8 Å². The standard InChI is InChI=1S/C13H15BrN2S/c1-13-9(7-17-12(15)16-13)4-2-8-3-5-10(14)6-11(8)13/h3,5-6,9H,2,4,7H2,1H3,(H2,15,16)/t9-,13-/m1/s1. The zero-order chi connectivity index (χ0) is 12.0. The largest absolute Gasteiger partial charge is 0.379 e. The Morgan fingerprint density at radius 1 is 1.53 bits per heavy atom. The number of nitrogens with two attached hydrogens (primary N) is 1. The van der Waals surface area contributed by atoms with Gasteiger partial charge >= 0.3 is 0 Å². The fourth-order valence-corrected chi connectivity index (χ4v) is 4.39. The number of aryl methyl sites for hydroxylation is 1. The Balaban J connectivity index is 2.19. The van der Waals surface area contributed by atoms with Crippen LogP contribution in [0.1, 0.15) is 24.5 Å². The summed E-state index contributed by atoms with van der Waals surface area (Å²) in [6, 6.07) is 6.55. The number of thioether (sulfide) groups is 1. The molecule has 2 aliphatic rings. The summed E-state index contributed by atoms with van der Waals surface area (Å²) >= 11 is 5.26. The van der Waals surface area contributed by atoms with Gasteiger partial charge in [-0.05, 0) is 48.9 Å². The topological polar surface area (TPSA) is 38.4 Å². The molecule has 90 valence electrons. The molecule has 0 saturated heterocycles. The van der Waals surface area contributed by atoms with Gasteiger partial charge in [-0.1, -0.05) is 33.8 Å². The van der Waals surface area contributed by atoms with Gasteiger partial charge in [-0.25, -0.2) is 0 Å². The Morgan fingerprint density at radius 3 is 3.18 bits per heavy atom. The van der Waals surface area contributed by atoms with Crippen LogP contribution < -0.4 is 5.73 Å². The average molecular weight is 311 g/mol. The summed E-state index contributed by atoms with van der Waals surface area (Å²) < 4.78 is 1.13. The summed E-state index contributed by atoms with van der Waals surface area (Å²) in [4.78, 5) is 4.76. The van der Waals surface area contributed by atoms with Gasteiger partial charge in [0.25, 0.3) is 0 Å². The number of aliphatic imine (C=N–C) groups is 1. The van der Waals surface area contributed by atoms with Crippen molar-refractivity contribution in [2.75, 3.05) is 5.75 Å². The van der Waals surface area contributed by atoms with E-state index in [4.69, 9.17) is 10.7 Å². The van der Waals surface area contributed by atoms with E-state index in [1.807, 2.05) is 0 Å². The van der Waals surface area contributed by atoms with E-state index < -0.39 is 0 Å². The molecule has 1 aromatic rings. The lowest BCUT2D eigenvalue weighted by Gasteiger charge is -2.42. The molecule has 1 aromatic carbocycles. The first-order chi connectivity index (χ1) is 8.09. The van der Waals surface area contributed by atoms with Crippen molar-refractivity contribution in [1.29, 1.82) is 0 Å². The van der Waals surface area contributed by atoms with Crippen molar-refractivity contribution in [3.63, 3.8) is 0 Å². The molecule has 2 atom stereocenters. The van der Waals surface area contributed by atoms with Crippen molar-refractivity contribution >= 4 is 32.9 Å². The molecule has 0 spiro atoms. The number of halogens is 1. The lowest BCUT2D eigenvalue weighted by atomic mass is 9.71. The van der Waals surface area contributed by atoms with E-state index in [1.165, 1.54) is 24.0 Å². The average Bonchev–Trinajstić information content (AvgIpc) is 2.29. The molecule has 0 saturated carbocycles. The molecule has 0 fully saturated rings. The Hall–Kier alpha value is -0.480. The summed E-state index contributed by atoms with van der Waals surface area (Å²) in [6.45, 7) is 2.23. The molecule has 0 aromatic heterocycles. The lowest BCUT2D eigenvalue weighted by Crippen LogP contribution is -2.41. The van der Waals surface area contributed by atoms with Gasteiger partial charge in [0.2, 0.25) is 0 Å². The molecule has 2 nitrogen and oxygen atoms in total. The first-order valence-corrected chi connectivity index (χ1v) is 7.64. The number of amidine groups is 1. The summed E-state index contributed by atoms with van der Waals surface area (Å²) in [5, 5.41) is 0.733. The molecule has 0 bridgehead atoms. The predicted octanol–water partition coefficient (Wildman–Crippen LogP) is 3.29. The smallest absolute Gasteiger partial charge is 0.154 e. The number of hydrogen-bond donors (Lipinski definition) is 1. The Kier molecular flexibility index (Phi) is 2.75. The third-order valence-electron chi connectivity index (χ3n) is 3.95. The van der Waals surface area contributed by atoms with Crippen LogP contribution in [-0.2, 0) is 12.0 Å². The molecular weight excluding hydrogens is 296 g/mol. The van der Waals surface area contributed by atoms with Gasteiger partial charge < -0.3 is 5.73 Å². The number of nitrogens with zero attached hydrogens (tertiary/aromatic N) is 1. The lowest BCUT2D eigenvalue weighted by molar-refractivity contribution is 0.291. The Morgan fingerprint density at radius 2 is 2.35 bits per heavy atom. The molecule has 1 aliphatic carbocycles. The highest BCUT2D eigenvalue weighted by molar-refractivity contribution is 9.10. The third kappa shape index (κ3) is 1.82. The second kappa shape index (κ2) is 4.02. The first kappa shape index (κ1) is 11.6. The number of fused-ring (bicyclic) bond motifs is 3. The van der Waals surface area contributed by atoms with Gasteiger partial charge in [0.05, 0.1) is 5.54 Å². The fraction of sp³-hybridized carbons (Fsp3) is 0.462. The van der Waals surface area contributed by atoms with E-state index in [2.05, 4.69) is 41.1 Å². The van der Waals surface area contributed by atoms with E-state index in [-0.39, 0.29) is 5.54 Å². The number of hydrogen-bond acceptors (Lipinski definition) is 3. The van der Waals surface area contributed by atoms with Crippen molar-refractivity contribution in [2.24, 2.45) is 16.6 Å². The van der Waals surface area contributed by atoms with E-state index in [0.717, 1.165) is 15.4 Å². The summed E-state index contributed by atoms with van der Waals surface area (Å²) in [6.07, 6.45) is 2.38. The van der Waals surface area contributed by atoms with Gasteiger partial charge in [-0.3, -0.25) is 4.99 Å². The molecule has 3 rings (SSSR count). The van der Waals surface area contributed by atoms with Crippen LogP contribution in [0.15, 0.2) is 27.7 Å². The maximum atomic E-state index is 5.92. The van der Waals surface area contributed by atoms with Crippen LogP contribution in [-0.4, -0.2) is 10.9 Å². The molecule has 1 aliphatic heterocycles. The van der Waals surface area contributed by atoms with Gasteiger partial charge in [0, 0.05) is 10.2 Å². The third-order valence-corrected chi connectivity index (χ3v) is 5.40. The monoisotopic (exact) mass is 310 g/mol. The molecule has 0 radical (unpaired) electrons. The number of benzene rings is 1.